The molecule has 1 amide bonds. The fourth-order valence-corrected chi connectivity index (χ4v) is 1.53. The van der Waals surface area contributed by atoms with Crippen molar-refractivity contribution in [3.63, 3.8) is 0 Å². The van der Waals surface area contributed by atoms with Gasteiger partial charge in [-0.3, -0.25) is 14.5 Å². The molecule has 0 unspecified atom stereocenters. The number of hydrogen-bond acceptors (Lipinski definition) is 4. The molecule has 0 heterocycles. The van der Waals surface area contributed by atoms with Crippen LogP contribution >= 0.6 is 0 Å². The molecule has 20 heavy (non-hydrogen) atoms. The summed E-state index contributed by atoms with van der Waals surface area (Å²) in [6.07, 6.45) is 0. The quantitative estimate of drug-likeness (QED) is 0.803. The van der Waals surface area contributed by atoms with E-state index in [0.717, 1.165) is 12.1 Å². The average Bonchev–Trinajstić information content (AvgIpc) is 2.42. The third-order valence-electron chi connectivity index (χ3n) is 2.62. The Morgan fingerprint density at radius 1 is 1.25 bits per heavy atom. The van der Waals surface area contributed by atoms with Crippen LogP contribution in [0.3, 0.4) is 0 Å². The summed E-state index contributed by atoms with van der Waals surface area (Å²) in [6, 6.07) is 3.30. The average molecular weight is 286 g/mol. The molecule has 0 atom stereocenters. The number of methoxy groups -OCH3 is 1. The molecular weight excluding hydrogens is 270 g/mol. The lowest BCUT2D eigenvalue weighted by molar-refractivity contribution is -0.142. The Morgan fingerprint density at radius 2 is 1.85 bits per heavy atom. The molecule has 7 heteroatoms. The van der Waals surface area contributed by atoms with Crippen molar-refractivity contribution in [1.29, 1.82) is 0 Å². The van der Waals surface area contributed by atoms with Crippen LogP contribution in [-0.4, -0.2) is 43.5 Å². The van der Waals surface area contributed by atoms with Crippen LogP contribution in [0.15, 0.2) is 18.2 Å². The fraction of sp³-hybridized carbons (Fsp3) is 0.385. The van der Waals surface area contributed by atoms with E-state index >= 15 is 0 Å². The van der Waals surface area contributed by atoms with E-state index in [0.29, 0.717) is 6.54 Å². The van der Waals surface area contributed by atoms with Crippen LogP contribution in [0.2, 0.25) is 0 Å². The summed E-state index contributed by atoms with van der Waals surface area (Å²) in [7, 11) is 1.24. The first-order valence-electron chi connectivity index (χ1n) is 6.01. The molecule has 110 valence electrons. The van der Waals surface area contributed by atoms with Crippen molar-refractivity contribution < 1.29 is 23.1 Å². The van der Waals surface area contributed by atoms with Gasteiger partial charge in [0.05, 0.1) is 20.2 Å². The monoisotopic (exact) mass is 286 g/mol. The summed E-state index contributed by atoms with van der Waals surface area (Å²) < 4.78 is 31.2. The summed E-state index contributed by atoms with van der Waals surface area (Å²) in [4.78, 5) is 24.3. The molecule has 0 aliphatic rings. The topological polar surface area (TPSA) is 58.6 Å². The van der Waals surface area contributed by atoms with Gasteiger partial charge in [0.25, 0.3) is 0 Å². The standard InChI is InChI=1S/C13H16F2N2O3/c1-3-17(8-12(19)20-2)7-11(18)16-13-9(14)5-4-6-10(13)15/h4-6H,3,7-8H2,1-2H3,(H,16,18). The minimum absolute atomic E-state index is 0.0693. The molecule has 0 spiro atoms. The highest BCUT2D eigenvalue weighted by atomic mass is 19.1. The Morgan fingerprint density at radius 3 is 2.35 bits per heavy atom. The van der Waals surface area contributed by atoms with Gasteiger partial charge in [0.1, 0.15) is 17.3 Å². The van der Waals surface area contributed by atoms with E-state index < -0.39 is 29.2 Å². The molecule has 0 aromatic heterocycles. The predicted molar refractivity (Wildman–Crippen MR) is 69.1 cm³/mol. The van der Waals surface area contributed by atoms with Crippen molar-refractivity contribution in [3.8, 4) is 0 Å². The highest BCUT2D eigenvalue weighted by Gasteiger charge is 2.16. The van der Waals surface area contributed by atoms with Crippen molar-refractivity contribution >= 4 is 17.6 Å². The Bertz CT molecular complexity index is 474. The summed E-state index contributed by atoms with van der Waals surface area (Å²) in [5, 5.41) is 2.15. The normalized spacial score (nSPS) is 10.4. The van der Waals surface area contributed by atoms with E-state index in [1.54, 1.807) is 6.92 Å². The van der Waals surface area contributed by atoms with Gasteiger partial charge in [-0.2, -0.15) is 0 Å². The van der Waals surface area contributed by atoms with Crippen LogP contribution in [0, 0.1) is 11.6 Å². The van der Waals surface area contributed by atoms with Gasteiger partial charge in [-0.25, -0.2) is 8.78 Å². The zero-order valence-electron chi connectivity index (χ0n) is 11.3. The van der Waals surface area contributed by atoms with Crippen molar-refractivity contribution in [2.24, 2.45) is 0 Å². The summed E-state index contributed by atoms with van der Waals surface area (Å²) in [6.45, 7) is 1.93. The van der Waals surface area contributed by atoms with Gasteiger partial charge in [0.15, 0.2) is 0 Å². The van der Waals surface area contributed by atoms with Crippen LogP contribution < -0.4 is 5.32 Å². The maximum atomic E-state index is 13.4. The smallest absolute Gasteiger partial charge is 0.319 e. The van der Waals surface area contributed by atoms with Crippen molar-refractivity contribution in [2.75, 3.05) is 32.1 Å². The number of esters is 1. The van der Waals surface area contributed by atoms with E-state index in [1.165, 1.54) is 18.1 Å². The van der Waals surface area contributed by atoms with Crippen LogP contribution in [0.5, 0.6) is 0 Å². The Labute approximate surface area is 115 Å². The number of carbonyl (C=O) groups is 2. The van der Waals surface area contributed by atoms with E-state index in [9.17, 15) is 18.4 Å². The molecule has 0 fully saturated rings. The van der Waals surface area contributed by atoms with Gasteiger partial charge in [0.2, 0.25) is 5.91 Å². The maximum absolute atomic E-state index is 13.4. The molecule has 1 rings (SSSR count). The number of hydrogen-bond donors (Lipinski definition) is 1. The molecule has 1 aromatic rings. The number of rotatable bonds is 6. The molecule has 1 aromatic carbocycles. The van der Waals surface area contributed by atoms with Crippen molar-refractivity contribution in [2.45, 2.75) is 6.92 Å². The lowest BCUT2D eigenvalue weighted by atomic mass is 10.3. The first-order chi connectivity index (χ1) is 9.47. The first kappa shape index (κ1) is 16.0. The lowest BCUT2D eigenvalue weighted by Crippen LogP contribution is -2.37. The number of para-hydroxylation sites is 1. The number of amides is 1. The minimum atomic E-state index is -0.852. The number of carbonyl (C=O) groups excluding carboxylic acids is 2. The Hall–Kier alpha value is -2.02. The van der Waals surface area contributed by atoms with Gasteiger partial charge in [0, 0.05) is 0 Å². The molecule has 0 aliphatic heterocycles. The summed E-state index contributed by atoms with van der Waals surface area (Å²) in [5.74, 6) is -2.81. The molecular formula is C13H16F2N2O3. The molecule has 0 radical (unpaired) electrons. The van der Waals surface area contributed by atoms with E-state index in [4.69, 9.17) is 0 Å². The largest absolute Gasteiger partial charge is 0.468 e. The van der Waals surface area contributed by atoms with Crippen LogP contribution in [0.4, 0.5) is 14.5 Å². The lowest BCUT2D eigenvalue weighted by Gasteiger charge is -2.18. The number of likely N-dealkylation sites (N-methyl/N-ethyl adjacent to an activating group) is 1. The zero-order chi connectivity index (χ0) is 15.1. The van der Waals surface area contributed by atoms with Gasteiger partial charge in [-0.1, -0.05) is 13.0 Å². The highest BCUT2D eigenvalue weighted by molar-refractivity contribution is 5.92. The fourth-order valence-electron chi connectivity index (χ4n) is 1.53. The van der Waals surface area contributed by atoms with Gasteiger partial charge in [-0.15, -0.1) is 0 Å². The maximum Gasteiger partial charge on any atom is 0.319 e. The molecule has 1 N–H and O–H groups in total. The molecule has 5 nitrogen and oxygen atoms in total. The third kappa shape index (κ3) is 4.58. The molecule has 0 saturated heterocycles. The molecule has 0 bridgehead atoms. The van der Waals surface area contributed by atoms with E-state index in [-0.39, 0.29) is 13.1 Å². The van der Waals surface area contributed by atoms with Crippen molar-refractivity contribution in [3.05, 3.63) is 29.8 Å². The second kappa shape index (κ2) is 7.54. The second-order valence-corrected chi connectivity index (χ2v) is 4.02. The van der Waals surface area contributed by atoms with Crippen LogP contribution in [-0.2, 0) is 14.3 Å². The number of anilines is 1. The highest BCUT2D eigenvalue weighted by Crippen LogP contribution is 2.17. The van der Waals surface area contributed by atoms with Crippen molar-refractivity contribution in [1.82, 2.24) is 4.90 Å². The number of ether oxygens (including phenoxy) is 1. The van der Waals surface area contributed by atoms with Crippen LogP contribution in [0.25, 0.3) is 0 Å². The second-order valence-electron chi connectivity index (χ2n) is 4.02. The Kier molecular flexibility index (Phi) is 6.05. The summed E-state index contributed by atoms with van der Waals surface area (Å²) >= 11 is 0. The van der Waals surface area contributed by atoms with Crippen LogP contribution in [0.1, 0.15) is 6.92 Å². The Balaban J connectivity index is 2.64. The minimum Gasteiger partial charge on any atom is -0.468 e. The molecule has 0 aliphatic carbocycles. The first-order valence-corrected chi connectivity index (χ1v) is 6.01. The number of halogens is 2. The SMILES string of the molecule is CCN(CC(=O)Nc1c(F)cccc1F)CC(=O)OC. The van der Waals surface area contributed by atoms with Gasteiger partial charge in [-0.05, 0) is 18.7 Å². The predicted octanol–water partition coefficient (Wildman–Crippen LogP) is 1.40. The third-order valence-corrected chi connectivity index (χ3v) is 2.62. The number of nitrogens with one attached hydrogen (secondary N) is 1. The number of benzene rings is 1. The van der Waals surface area contributed by atoms with E-state index in [1.807, 2.05) is 0 Å². The van der Waals surface area contributed by atoms with Gasteiger partial charge >= 0.3 is 5.97 Å². The molecule has 0 saturated carbocycles. The number of nitrogens with zero attached hydrogens (tertiary/aromatic N) is 1. The summed E-state index contributed by atoms with van der Waals surface area (Å²) in [5.41, 5.74) is -0.494. The van der Waals surface area contributed by atoms with E-state index in [2.05, 4.69) is 10.1 Å². The van der Waals surface area contributed by atoms with Gasteiger partial charge < -0.3 is 10.1 Å². The zero-order valence-corrected chi connectivity index (χ0v) is 11.3.